The fourth-order valence-corrected chi connectivity index (χ4v) is 3.06. The first-order valence-electron chi connectivity index (χ1n) is 9.06. The molecule has 1 aromatic heterocycles. The molecule has 0 radical (unpaired) electrons. The van der Waals surface area contributed by atoms with Gasteiger partial charge < -0.3 is 15.0 Å². The van der Waals surface area contributed by atoms with E-state index in [4.69, 9.17) is 4.74 Å². The molecule has 0 saturated carbocycles. The smallest absolute Gasteiger partial charge is 0.410 e. The molecule has 134 valence electrons. The second kappa shape index (κ2) is 8.47. The van der Waals surface area contributed by atoms with Crippen molar-refractivity contribution in [3.05, 3.63) is 29.6 Å². The lowest BCUT2D eigenvalue weighted by atomic mass is 9.92. The molecule has 2 rings (SSSR count). The molecule has 0 spiro atoms. The molecule has 1 unspecified atom stereocenters. The van der Waals surface area contributed by atoms with E-state index in [1.807, 2.05) is 40.0 Å². The molecule has 1 aliphatic rings. The van der Waals surface area contributed by atoms with Gasteiger partial charge in [0.25, 0.3) is 0 Å². The third-order valence-corrected chi connectivity index (χ3v) is 4.22. The van der Waals surface area contributed by atoms with Gasteiger partial charge >= 0.3 is 6.09 Å². The Bertz CT molecular complexity index is 540. The molecular formula is C19H31N3O2. The molecule has 24 heavy (non-hydrogen) atoms. The van der Waals surface area contributed by atoms with Crippen molar-refractivity contribution in [2.45, 2.75) is 65.0 Å². The summed E-state index contributed by atoms with van der Waals surface area (Å²) >= 11 is 0. The van der Waals surface area contributed by atoms with Crippen molar-refractivity contribution in [3.63, 3.8) is 0 Å². The Balaban J connectivity index is 1.77. The van der Waals surface area contributed by atoms with Crippen LogP contribution in [-0.2, 0) is 11.2 Å². The normalized spacial score (nSPS) is 17.2. The van der Waals surface area contributed by atoms with Crippen LogP contribution < -0.4 is 5.32 Å². The van der Waals surface area contributed by atoms with Crippen LogP contribution in [0, 0.1) is 0 Å². The summed E-state index contributed by atoms with van der Waals surface area (Å²) < 4.78 is 5.44. The molecule has 1 aromatic rings. The number of hydrogen-bond donors (Lipinski definition) is 1. The second-order valence-electron chi connectivity index (χ2n) is 7.36. The predicted octanol–water partition coefficient (Wildman–Crippen LogP) is 3.70. The first kappa shape index (κ1) is 18.7. The number of nitrogens with one attached hydrogen (secondary N) is 1. The maximum Gasteiger partial charge on any atom is 0.410 e. The number of ether oxygens (including phenoxy) is 1. The van der Waals surface area contributed by atoms with Gasteiger partial charge in [0.2, 0.25) is 0 Å². The molecule has 5 heteroatoms. The van der Waals surface area contributed by atoms with Crippen molar-refractivity contribution in [2.24, 2.45) is 0 Å². The Hall–Kier alpha value is -1.62. The molecule has 1 aliphatic carbocycles. The maximum atomic E-state index is 12.1. The summed E-state index contributed by atoms with van der Waals surface area (Å²) in [6.07, 6.45) is 6.02. The summed E-state index contributed by atoms with van der Waals surface area (Å²) in [7, 11) is 0. The number of amides is 1. The van der Waals surface area contributed by atoms with Gasteiger partial charge in [-0.15, -0.1) is 0 Å². The Morgan fingerprint density at radius 2 is 2.25 bits per heavy atom. The molecule has 5 nitrogen and oxygen atoms in total. The number of fused-ring (bicyclic) bond motifs is 1. The van der Waals surface area contributed by atoms with E-state index >= 15 is 0 Å². The van der Waals surface area contributed by atoms with E-state index in [2.05, 4.69) is 16.4 Å². The van der Waals surface area contributed by atoms with Crippen molar-refractivity contribution >= 4 is 6.09 Å². The minimum Gasteiger partial charge on any atom is -0.444 e. The van der Waals surface area contributed by atoms with Crippen LogP contribution in [0.4, 0.5) is 4.79 Å². The molecule has 1 heterocycles. The minimum absolute atomic E-state index is 0.227. The van der Waals surface area contributed by atoms with E-state index in [-0.39, 0.29) is 6.09 Å². The van der Waals surface area contributed by atoms with Gasteiger partial charge in [0.15, 0.2) is 0 Å². The van der Waals surface area contributed by atoms with Crippen molar-refractivity contribution < 1.29 is 9.53 Å². The van der Waals surface area contributed by atoms with Gasteiger partial charge in [-0.25, -0.2) is 4.79 Å². The van der Waals surface area contributed by atoms with E-state index in [1.54, 1.807) is 4.90 Å². The zero-order chi connectivity index (χ0) is 17.6. The average molecular weight is 333 g/mol. The average Bonchev–Trinajstić information content (AvgIpc) is 2.53. The molecule has 1 N–H and O–H groups in total. The Morgan fingerprint density at radius 1 is 1.46 bits per heavy atom. The van der Waals surface area contributed by atoms with Gasteiger partial charge in [0.1, 0.15) is 5.60 Å². The van der Waals surface area contributed by atoms with Gasteiger partial charge in [0.05, 0.1) is 5.69 Å². The lowest BCUT2D eigenvalue weighted by molar-refractivity contribution is 0.0258. The first-order valence-corrected chi connectivity index (χ1v) is 9.06. The van der Waals surface area contributed by atoms with Crippen LogP contribution in [0.2, 0.25) is 0 Å². The molecule has 0 fully saturated rings. The molecule has 0 saturated heterocycles. The monoisotopic (exact) mass is 333 g/mol. The molecule has 0 aliphatic heterocycles. The van der Waals surface area contributed by atoms with Crippen LogP contribution in [0.5, 0.6) is 0 Å². The van der Waals surface area contributed by atoms with E-state index < -0.39 is 5.60 Å². The van der Waals surface area contributed by atoms with E-state index in [1.165, 1.54) is 17.7 Å². The van der Waals surface area contributed by atoms with Crippen LogP contribution in [0.3, 0.4) is 0 Å². The number of aryl methyl sites for hydroxylation is 1. The number of carbonyl (C=O) groups excluding carboxylic acids is 1. The molecule has 0 bridgehead atoms. The molecule has 1 amide bonds. The lowest BCUT2D eigenvalue weighted by Crippen LogP contribution is -2.38. The Morgan fingerprint density at radius 3 is 2.96 bits per heavy atom. The van der Waals surface area contributed by atoms with Crippen LogP contribution >= 0.6 is 0 Å². The maximum absolute atomic E-state index is 12.1. The largest absolute Gasteiger partial charge is 0.444 e. The summed E-state index contributed by atoms with van der Waals surface area (Å²) in [5.74, 6) is 0. The highest BCUT2D eigenvalue weighted by molar-refractivity contribution is 5.68. The molecule has 0 aromatic carbocycles. The number of pyridine rings is 1. The zero-order valence-corrected chi connectivity index (χ0v) is 15.5. The van der Waals surface area contributed by atoms with Crippen LogP contribution in [0.25, 0.3) is 0 Å². The standard InChI is InChI=1S/C19H31N3O2/c1-5-22(18(23)24-19(2,3)4)14-8-13-20-16-11-6-9-15-10-7-12-21-17(15)16/h7,10,12,16,20H,5-6,8-9,11,13-14H2,1-4H3. The fourth-order valence-electron chi connectivity index (χ4n) is 3.06. The second-order valence-corrected chi connectivity index (χ2v) is 7.36. The van der Waals surface area contributed by atoms with Crippen molar-refractivity contribution in [2.75, 3.05) is 19.6 Å². The van der Waals surface area contributed by atoms with Crippen molar-refractivity contribution in [1.29, 1.82) is 0 Å². The number of carbonyl (C=O) groups is 1. The predicted molar refractivity (Wildman–Crippen MR) is 96.0 cm³/mol. The highest BCUT2D eigenvalue weighted by atomic mass is 16.6. The van der Waals surface area contributed by atoms with Crippen molar-refractivity contribution in [1.82, 2.24) is 15.2 Å². The van der Waals surface area contributed by atoms with Crippen molar-refractivity contribution in [3.8, 4) is 0 Å². The highest BCUT2D eigenvalue weighted by Gasteiger charge is 2.22. The quantitative estimate of drug-likeness (QED) is 0.807. The van der Waals surface area contributed by atoms with E-state index in [0.29, 0.717) is 19.1 Å². The summed E-state index contributed by atoms with van der Waals surface area (Å²) in [6, 6.07) is 4.53. The molecular weight excluding hydrogens is 302 g/mol. The highest BCUT2D eigenvalue weighted by Crippen LogP contribution is 2.27. The topological polar surface area (TPSA) is 54.5 Å². The zero-order valence-electron chi connectivity index (χ0n) is 15.5. The third kappa shape index (κ3) is 5.48. The summed E-state index contributed by atoms with van der Waals surface area (Å²) in [6.45, 7) is 9.93. The van der Waals surface area contributed by atoms with Crippen LogP contribution in [-0.4, -0.2) is 41.2 Å². The van der Waals surface area contributed by atoms with Gasteiger partial charge in [-0.05, 0) is 71.6 Å². The number of rotatable bonds is 6. The van der Waals surface area contributed by atoms with Crippen LogP contribution in [0.15, 0.2) is 18.3 Å². The SMILES string of the molecule is CCN(CCCNC1CCCc2cccnc21)C(=O)OC(C)(C)C. The van der Waals surface area contributed by atoms with Gasteiger partial charge in [-0.2, -0.15) is 0 Å². The molecule has 1 atom stereocenters. The van der Waals surface area contributed by atoms with Gasteiger partial charge in [-0.3, -0.25) is 4.98 Å². The number of hydrogen-bond acceptors (Lipinski definition) is 4. The summed E-state index contributed by atoms with van der Waals surface area (Å²) in [4.78, 5) is 18.4. The van der Waals surface area contributed by atoms with Gasteiger partial charge in [-0.1, -0.05) is 6.07 Å². The fraction of sp³-hybridized carbons (Fsp3) is 0.684. The minimum atomic E-state index is -0.444. The van der Waals surface area contributed by atoms with Gasteiger partial charge in [0, 0.05) is 25.3 Å². The Labute approximate surface area is 145 Å². The third-order valence-electron chi connectivity index (χ3n) is 4.22. The number of nitrogens with zero attached hydrogens (tertiary/aromatic N) is 2. The lowest BCUT2D eigenvalue weighted by Gasteiger charge is -2.27. The Kier molecular flexibility index (Phi) is 6.60. The van der Waals surface area contributed by atoms with Crippen LogP contribution in [0.1, 0.15) is 64.3 Å². The van der Waals surface area contributed by atoms with E-state index in [9.17, 15) is 4.79 Å². The number of aromatic nitrogens is 1. The summed E-state index contributed by atoms with van der Waals surface area (Å²) in [5, 5.41) is 3.60. The van der Waals surface area contributed by atoms with E-state index in [0.717, 1.165) is 25.8 Å². The summed E-state index contributed by atoms with van der Waals surface area (Å²) in [5.41, 5.74) is 2.12. The first-order chi connectivity index (χ1) is 11.4.